The minimum Gasteiger partial charge on any atom is -0.452 e. The van der Waals surface area contributed by atoms with E-state index >= 15 is 0 Å². The zero-order valence-electron chi connectivity index (χ0n) is 24.9. The fourth-order valence-electron chi connectivity index (χ4n) is 7.61. The van der Waals surface area contributed by atoms with Crippen molar-refractivity contribution in [2.75, 3.05) is 0 Å². The van der Waals surface area contributed by atoms with Crippen LogP contribution in [0.4, 0.5) is 0 Å². The fourth-order valence-corrected chi connectivity index (χ4v) is 8.86. The van der Waals surface area contributed by atoms with Crippen LogP contribution in [0.25, 0.3) is 103 Å². The third-order valence-corrected chi connectivity index (χ3v) is 10.8. The molecule has 0 aliphatic rings. The van der Waals surface area contributed by atoms with Crippen LogP contribution in [0, 0.1) is 0 Å². The second-order valence-corrected chi connectivity index (χ2v) is 13.2. The standard InChI is InChI=1S/C42H23N3OS/c1-2-13-25(14-3-1)37-40-38(35-26-15-5-4-12-24(26)22-23-32(35)46-40)44-42(43-37)45-31-20-10-8-18-29(31)34-27-16-6-7-17-28(27)41-36(39(34)45)30-19-9-11-21-33(30)47-41/h1-23H. The van der Waals surface area contributed by atoms with E-state index in [0.717, 1.165) is 49.5 Å². The van der Waals surface area contributed by atoms with Crippen LogP contribution in [0.15, 0.2) is 144 Å². The first kappa shape index (κ1) is 25.2. The van der Waals surface area contributed by atoms with Crippen molar-refractivity contribution in [3.05, 3.63) is 140 Å². The van der Waals surface area contributed by atoms with Gasteiger partial charge in [0.2, 0.25) is 5.95 Å². The first-order chi connectivity index (χ1) is 23.3. The number of hydrogen-bond donors (Lipinski definition) is 0. The molecule has 47 heavy (non-hydrogen) atoms. The average molecular weight is 618 g/mol. The van der Waals surface area contributed by atoms with Crippen LogP contribution < -0.4 is 0 Å². The van der Waals surface area contributed by atoms with E-state index in [1.165, 1.54) is 41.7 Å². The minimum absolute atomic E-state index is 0.630. The SMILES string of the molecule is c1ccc(-c2nc(-n3c4ccccc4c4c5ccccc5c5sc6ccccc6c5c43)nc3c2oc2ccc4ccccc4c23)cc1. The van der Waals surface area contributed by atoms with Gasteiger partial charge in [0.1, 0.15) is 16.8 Å². The van der Waals surface area contributed by atoms with E-state index in [-0.39, 0.29) is 0 Å². The lowest BCUT2D eigenvalue weighted by atomic mass is 10.00. The van der Waals surface area contributed by atoms with Crippen LogP contribution >= 0.6 is 11.3 Å². The molecule has 11 rings (SSSR count). The monoisotopic (exact) mass is 617 g/mol. The highest BCUT2D eigenvalue weighted by atomic mass is 32.1. The van der Waals surface area contributed by atoms with Crippen LogP contribution in [0.3, 0.4) is 0 Å². The summed E-state index contributed by atoms with van der Waals surface area (Å²) >= 11 is 1.86. The van der Waals surface area contributed by atoms with Gasteiger partial charge in [-0.15, -0.1) is 11.3 Å². The summed E-state index contributed by atoms with van der Waals surface area (Å²) in [4.78, 5) is 10.9. The zero-order chi connectivity index (χ0) is 30.6. The van der Waals surface area contributed by atoms with E-state index in [1.54, 1.807) is 0 Å². The summed E-state index contributed by atoms with van der Waals surface area (Å²) in [5, 5.41) is 10.7. The van der Waals surface area contributed by atoms with E-state index in [1.807, 2.05) is 17.4 Å². The predicted octanol–water partition coefficient (Wildman–Crippen LogP) is 11.8. The van der Waals surface area contributed by atoms with Gasteiger partial charge < -0.3 is 4.42 Å². The van der Waals surface area contributed by atoms with Crippen molar-refractivity contribution in [1.82, 2.24) is 14.5 Å². The van der Waals surface area contributed by atoms with Crippen LogP contribution in [0.5, 0.6) is 0 Å². The molecule has 4 heterocycles. The summed E-state index contributed by atoms with van der Waals surface area (Å²) < 4.78 is 11.5. The Morgan fingerprint density at radius 2 is 1.23 bits per heavy atom. The molecule has 0 fully saturated rings. The van der Waals surface area contributed by atoms with Crippen LogP contribution in [0.2, 0.25) is 0 Å². The van der Waals surface area contributed by atoms with Gasteiger partial charge in [0.05, 0.1) is 16.4 Å². The van der Waals surface area contributed by atoms with Gasteiger partial charge in [0, 0.05) is 41.9 Å². The molecule has 0 unspecified atom stereocenters. The molecule has 0 bridgehead atoms. The predicted molar refractivity (Wildman–Crippen MR) is 197 cm³/mol. The van der Waals surface area contributed by atoms with E-state index in [2.05, 4.69) is 138 Å². The quantitative estimate of drug-likeness (QED) is 0.194. The summed E-state index contributed by atoms with van der Waals surface area (Å²) in [7, 11) is 0. The van der Waals surface area contributed by atoms with Gasteiger partial charge in [0.25, 0.3) is 0 Å². The maximum Gasteiger partial charge on any atom is 0.236 e. The van der Waals surface area contributed by atoms with Gasteiger partial charge in [-0.3, -0.25) is 4.57 Å². The second kappa shape index (κ2) is 9.25. The molecule has 4 nitrogen and oxygen atoms in total. The van der Waals surface area contributed by atoms with Gasteiger partial charge in [-0.05, 0) is 34.4 Å². The van der Waals surface area contributed by atoms with Gasteiger partial charge >= 0.3 is 0 Å². The summed E-state index contributed by atoms with van der Waals surface area (Å²) in [5.41, 5.74) is 6.30. The molecule has 0 radical (unpaired) electrons. The Labute approximate surface area is 271 Å². The summed E-state index contributed by atoms with van der Waals surface area (Å²) in [6, 6.07) is 49.2. The molecule has 0 saturated heterocycles. The highest BCUT2D eigenvalue weighted by Gasteiger charge is 2.25. The van der Waals surface area contributed by atoms with Crippen molar-refractivity contribution in [3.63, 3.8) is 0 Å². The third-order valence-electron chi connectivity index (χ3n) is 9.59. The van der Waals surface area contributed by atoms with Gasteiger partial charge in [-0.25, -0.2) is 9.97 Å². The number of para-hydroxylation sites is 1. The molecule has 4 aromatic heterocycles. The zero-order valence-corrected chi connectivity index (χ0v) is 25.8. The van der Waals surface area contributed by atoms with Crippen LogP contribution in [-0.2, 0) is 0 Å². The van der Waals surface area contributed by atoms with Crippen molar-refractivity contribution in [2.45, 2.75) is 0 Å². The molecule has 0 amide bonds. The van der Waals surface area contributed by atoms with E-state index in [9.17, 15) is 0 Å². The number of benzene rings is 7. The topological polar surface area (TPSA) is 43.9 Å². The molecule has 218 valence electrons. The van der Waals surface area contributed by atoms with E-state index < -0.39 is 0 Å². The normalized spacial score (nSPS) is 12.3. The molecule has 0 aliphatic carbocycles. The smallest absolute Gasteiger partial charge is 0.236 e. The first-order valence-corrected chi connectivity index (χ1v) is 16.6. The van der Waals surface area contributed by atoms with Crippen molar-refractivity contribution in [2.24, 2.45) is 0 Å². The molecule has 0 N–H and O–H groups in total. The Morgan fingerprint density at radius 3 is 2.11 bits per heavy atom. The number of thiophene rings is 1. The Bertz CT molecular complexity index is 3080. The first-order valence-electron chi connectivity index (χ1n) is 15.8. The van der Waals surface area contributed by atoms with Gasteiger partial charge in [-0.1, -0.05) is 121 Å². The lowest BCUT2D eigenvalue weighted by molar-refractivity contribution is 0.667. The fraction of sp³-hybridized carbons (Fsp3) is 0. The summed E-state index contributed by atoms with van der Waals surface area (Å²) in [5.74, 6) is 0.630. The van der Waals surface area contributed by atoms with Gasteiger partial charge in [-0.2, -0.15) is 0 Å². The maximum atomic E-state index is 6.63. The number of rotatable bonds is 2. The number of fused-ring (bicyclic) bond motifs is 15. The molecule has 0 atom stereocenters. The van der Waals surface area contributed by atoms with E-state index in [0.29, 0.717) is 11.5 Å². The number of furan rings is 1. The Balaban J connectivity index is 1.40. The highest BCUT2D eigenvalue weighted by molar-refractivity contribution is 7.27. The molecular weight excluding hydrogens is 595 g/mol. The lowest BCUT2D eigenvalue weighted by Gasteiger charge is -2.11. The van der Waals surface area contributed by atoms with Crippen LogP contribution in [0.1, 0.15) is 0 Å². The van der Waals surface area contributed by atoms with Crippen LogP contribution in [-0.4, -0.2) is 14.5 Å². The summed E-state index contributed by atoms with van der Waals surface area (Å²) in [6.45, 7) is 0. The van der Waals surface area contributed by atoms with Gasteiger partial charge in [0.15, 0.2) is 5.58 Å². The molecular formula is C42H23N3OS. The molecule has 7 aromatic carbocycles. The largest absolute Gasteiger partial charge is 0.452 e. The van der Waals surface area contributed by atoms with Crippen molar-refractivity contribution >= 4 is 96.9 Å². The average Bonchev–Trinajstić information content (AvgIpc) is 3.82. The Hall–Kier alpha value is -6.04. The Kier molecular flexibility index (Phi) is 4.96. The summed E-state index contributed by atoms with van der Waals surface area (Å²) in [6.07, 6.45) is 0. The van der Waals surface area contributed by atoms with E-state index in [4.69, 9.17) is 14.4 Å². The molecule has 0 saturated carbocycles. The maximum absolute atomic E-state index is 6.63. The van der Waals surface area contributed by atoms with Crippen molar-refractivity contribution < 1.29 is 4.42 Å². The second-order valence-electron chi connectivity index (χ2n) is 12.1. The Morgan fingerprint density at radius 1 is 0.532 bits per heavy atom. The lowest BCUT2D eigenvalue weighted by Crippen LogP contribution is -2.03. The van der Waals surface area contributed by atoms with Crippen molar-refractivity contribution in [3.8, 4) is 17.2 Å². The number of nitrogens with zero attached hydrogens (tertiary/aromatic N) is 3. The molecule has 5 heteroatoms. The highest BCUT2D eigenvalue weighted by Crippen LogP contribution is 2.48. The van der Waals surface area contributed by atoms with Crippen molar-refractivity contribution in [1.29, 1.82) is 0 Å². The number of aromatic nitrogens is 3. The minimum atomic E-state index is 0.630. The molecule has 11 aromatic rings. The third kappa shape index (κ3) is 3.36. The number of hydrogen-bond acceptors (Lipinski definition) is 4. The molecule has 0 aliphatic heterocycles. The molecule has 0 spiro atoms.